The van der Waals surface area contributed by atoms with Gasteiger partial charge in [0.15, 0.2) is 0 Å². The molecule has 1 aromatic carbocycles. The Bertz CT molecular complexity index is 570. The Kier molecular flexibility index (Phi) is 5.29. The number of amides is 1. The van der Waals surface area contributed by atoms with Crippen molar-refractivity contribution >= 4 is 5.91 Å². The van der Waals surface area contributed by atoms with E-state index in [1.54, 1.807) is 12.1 Å². The number of aromatic nitrogens is 1. The SMILES string of the molecule is CNC(C)CNC(=O)c1ccc(Oc2ccccc2)nc1. The monoisotopic (exact) mass is 285 g/mol. The molecule has 0 aliphatic carbocycles. The second kappa shape index (κ2) is 7.40. The lowest BCUT2D eigenvalue weighted by Crippen LogP contribution is -2.37. The molecular formula is C16H19N3O2. The molecule has 0 bridgehead atoms. The first-order chi connectivity index (χ1) is 10.2. The van der Waals surface area contributed by atoms with Crippen LogP contribution in [-0.2, 0) is 0 Å². The predicted molar refractivity (Wildman–Crippen MR) is 81.6 cm³/mol. The molecule has 110 valence electrons. The third-order valence-corrected chi connectivity index (χ3v) is 3.03. The van der Waals surface area contributed by atoms with Crippen molar-refractivity contribution in [1.29, 1.82) is 0 Å². The number of hydrogen-bond acceptors (Lipinski definition) is 4. The van der Waals surface area contributed by atoms with E-state index >= 15 is 0 Å². The molecule has 0 saturated heterocycles. The molecule has 21 heavy (non-hydrogen) atoms. The highest BCUT2D eigenvalue weighted by Gasteiger charge is 2.08. The second-order valence-electron chi connectivity index (χ2n) is 4.70. The Morgan fingerprint density at radius 2 is 2.00 bits per heavy atom. The molecule has 1 heterocycles. The minimum absolute atomic E-state index is 0.143. The van der Waals surface area contributed by atoms with Gasteiger partial charge < -0.3 is 15.4 Å². The Balaban J connectivity index is 1.94. The summed E-state index contributed by atoms with van der Waals surface area (Å²) in [7, 11) is 1.86. The number of para-hydroxylation sites is 1. The number of benzene rings is 1. The summed E-state index contributed by atoms with van der Waals surface area (Å²) in [6.45, 7) is 2.56. The van der Waals surface area contributed by atoms with Gasteiger partial charge in [-0.25, -0.2) is 4.98 Å². The van der Waals surface area contributed by atoms with Crippen LogP contribution in [0.1, 0.15) is 17.3 Å². The third kappa shape index (κ3) is 4.57. The summed E-state index contributed by atoms with van der Waals surface area (Å²) in [4.78, 5) is 16.1. The van der Waals surface area contributed by atoms with Crippen molar-refractivity contribution in [2.45, 2.75) is 13.0 Å². The van der Waals surface area contributed by atoms with E-state index in [2.05, 4.69) is 15.6 Å². The fraction of sp³-hybridized carbons (Fsp3) is 0.250. The average molecular weight is 285 g/mol. The summed E-state index contributed by atoms with van der Waals surface area (Å²) < 4.78 is 5.58. The van der Waals surface area contributed by atoms with E-state index in [4.69, 9.17) is 4.74 Å². The predicted octanol–water partition coefficient (Wildman–Crippen LogP) is 2.21. The maximum absolute atomic E-state index is 11.9. The van der Waals surface area contributed by atoms with Gasteiger partial charge in [0.1, 0.15) is 5.75 Å². The Labute approximate surface area is 124 Å². The first-order valence-electron chi connectivity index (χ1n) is 6.83. The average Bonchev–Trinajstić information content (AvgIpc) is 2.54. The smallest absolute Gasteiger partial charge is 0.252 e. The van der Waals surface area contributed by atoms with Crippen molar-refractivity contribution in [2.24, 2.45) is 0 Å². The first kappa shape index (κ1) is 15.0. The highest BCUT2D eigenvalue weighted by molar-refractivity contribution is 5.93. The highest BCUT2D eigenvalue weighted by Crippen LogP contribution is 2.18. The van der Waals surface area contributed by atoms with Gasteiger partial charge in [-0.05, 0) is 32.2 Å². The zero-order valence-corrected chi connectivity index (χ0v) is 12.2. The normalized spacial score (nSPS) is 11.7. The summed E-state index contributed by atoms with van der Waals surface area (Å²) in [6.07, 6.45) is 1.51. The number of ether oxygens (including phenoxy) is 1. The summed E-state index contributed by atoms with van der Waals surface area (Å²) in [5.74, 6) is 1.03. The molecule has 1 atom stereocenters. The van der Waals surface area contributed by atoms with Crippen LogP contribution in [0.25, 0.3) is 0 Å². The molecule has 5 heteroatoms. The van der Waals surface area contributed by atoms with E-state index in [1.165, 1.54) is 6.20 Å². The molecule has 2 N–H and O–H groups in total. The topological polar surface area (TPSA) is 63.2 Å². The molecule has 1 amide bonds. The van der Waals surface area contributed by atoms with Crippen LogP contribution in [0.15, 0.2) is 48.7 Å². The molecule has 0 aliphatic heterocycles. The van der Waals surface area contributed by atoms with E-state index in [0.29, 0.717) is 23.7 Å². The summed E-state index contributed by atoms with van der Waals surface area (Å²) in [5.41, 5.74) is 0.513. The van der Waals surface area contributed by atoms with Crippen molar-refractivity contribution in [2.75, 3.05) is 13.6 Å². The van der Waals surface area contributed by atoms with Crippen molar-refractivity contribution < 1.29 is 9.53 Å². The Hall–Kier alpha value is -2.40. The standard InChI is InChI=1S/C16H19N3O2/c1-12(17-2)10-19-16(20)13-8-9-15(18-11-13)21-14-6-4-3-5-7-14/h3-9,11-12,17H,10H2,1-2H3,(H,19,20). The molecule has 1 unspecified atom stereocenters. The number of likely N-dealkylation sites (N-methyl/N-ethyl adjacent to an activating group) is 1. The fourth-order valence-corrected chi connectivity index (χ4v) is 1.63. The van der Waals surface area contributed by atoms with Crippen molar-refractivity contribution in [3.8, 4) is 11.6 Å². The molecule has 0 radical (unpaired) electrons. The van der Waals surface area contributed by atoms with Gasteiger partial charge in [0.05, 0.1) is 5.56 Å². The van der Waals surface area contributed by atoms with Crippen LogP contribution in [-0.4, -0.2) is 30.5 Å². The Morgan fingerprint density at radius 3 is 2.62 bits per heavy atom. The quantitative estimate of drug-likeness (QED) is 0.854. The molecular weight excluding hydrogens is 266 g/mol. The van der Waals surface area contributed by atoms with Gasteiger partial charge in [-0.2, -0.15) is 0 Å². The van der Waals surface area contributed by atoms with Gasteiger partial charge in [0.25, 0.3) is 5.91 Å². The third-order valence-electron chi connectivity index (χ3n) is 3.03. The number of nitrogens with zero attached hydrogens (tertiary/aromatic N) is 1. The van der Waals surface area contributed by atoms with Crippen molar-refractivity contribution in [3.05, 3.63) is 54.2 Å². The molecule has 0 saturated carbocycles. The van der Waals surface area contributed by atoms with Crippen LogP contribution in [0.3, 0.4) is 0 Å². The van der Waals surface area contributed by atoms with E-state index in [-0.39, 0.29) is 11.9 Å². The lowest BCUT2D eigenvalue weighted by Gasteiger charge is -2.11. The van der Waals surface area contributed by atoms with Crippen molar-refractivity contribution in [3.63, 3.8) is 0 Å². The molecule has 1 aromatic heterocycles. The largest absolute Gasteiger partial charge is 0.439 e. The number of rotatable bonds is 6. The zero-order chi connectivity index (χ0) is 15.1. The van der Waals surface area contributed by atoms with Gasteiger partial charge >= 0.3 is 0 Å². The summed E-state index contributed by atoms with van der Waals surface area (Å²) >= 11 is 0. The lowest BCUT2D eigenvalue weighted by atomic mass is 10.2. The lowest BCUT2D eigenvalue weighted by molar-refractivity contribution is 0.0950. The minimum Gasteiger partial charge on any atom is -0.439 e. The van der Waals surface area contributed by atoms with E-state index < -0.39 is 0 Å². The molecule has 2 rings (SSSR count). The van der Waals surface area contributed by atoms with E-state index in [1.807, 2.05) is 44.3 Å². The number of hydrogen-bond donors (Lipinski definition) is 2. The number of carbonyl (C=O) groups excluding carboxylic acids is 1. The van der Waals surface area contributed by atoms with Gasteiger partial charge in [-0.15, -0.1) is 0 Å². The van der Waals surface area contributed by atoms with Crippen LogP contribution >= 0.6 is 0 Å². The molecule has 0 spiro atoms. The Morgan fingerprint density at radius 1 is 1.24 bits per heavy atom. The second-order valence-corrected chi connectivity index (χ2v) is 4.70. The van der Waals surface area contributed by atoms with Crippen LogP contribution in [0.4, 0.5) is 0 Å². The minimum atomic E-state index is -0.143. The fourth-order valence-electron chi connectivity index (χ4n) is 1.63. The molecule has 5 nitrogen and oxygen atoms in total. The van der Waals surface area contributed by atoms with Gasteiger partial charge in [0, 0.05) is 24.8 Å². The highest BCUT2D eigenvalue weighted by atomic mass is 16.5. The summed E-state index contributed by atoms with van der Waals surface area (Å²) in [5, 5.41) is 5.89. The van der Waals surface area contributed by atoms with E-state index in [0.717, 1.165) is 0 Å². The summed E-state index contributed by atoms with van der Waals surface area (Å²) in [6, 6.07) is 13.0. The molecule has 2 aromatic rings. The zero-order valence-electron chi connectivity index (χ0n) is 12.2. The van der Waals surface area contributed by atoms with Gasteiger partial charge in [0.2, 0.25) is 5.88 Å². The van der Waals surface area contributed by atoms with Crippen LogP contribution in [0.5, 0.6) is 11.6 Å². The molecule has 0 fully saturated rings. The number of carbonyl (C=O) groups is 1. The maximum Gasteiger partial charge on any atom is 0.252 e. The molecule has 0 aliphatic rings. The maximum atomic E-state index is 11.9. The van der Waals surface area contributed by atoms with Crippen molar-refractivity contribution in [1.82, 2.24) is 15.6 Å². The first-order valence-corrected chi connectivity index (χ1v) is 6.83. The van der Waals surface area contributed by atoms with Crippen LogP contribution in [0.2, 0.25) is 0 Å². The van der Waals surface area contributed by atoms with Crippen LogP contribution in [0, 0.1) is 0 Å². The number of nitrogens with one attached hydrogen (secondary N) is 2. The van der Waals surface area contributed by atoms with E-state index in [9.17, 15) is 4.79 Å². The van der Waals surface area contributed by atoms with Crippen LogP contribution < -0.4 is 15.4 Å². The van der Waals surface area contributed by atoms with Gasteiger partial charge in [-0.3, -0.25) is 4.79 Å². The van der Waals surface area contributed by atoms with Gasteiger partial charge in [-0.1, -0.05) is 18.2 Å². The number of pyridine rings is 1.